The van der Waals surface area contributed by atoms with Crippen LogP contribution in [0, 0.1) is 5.92 Å². The maximum Gasteiger partial charge on any atom is 0.150 e. The summed E-state index contributed by atoms with van der Waals surface area (Å²) in [6, 6.07) is 0. The number of hydrogen-bond donors (Lipinski definition) is 1. The SMILES string of the molecule is CCS(=O)(=O)CCCCC(C)CO. The van der Waals surface area contributed by atoms with Gasteiger partial charge >= 0.3 is 0 Å². The number of rotatable bonds is 7. The smallest absolute Gasteiger partial charge is 0.150 e. The Balaban J connectivity index is 3.47. The lowest BCUT2D eigenvalue weighted by Crippen LogP contribution is -2.09. The second kappa shape index (κ2) is 6.38. The van der Waals surface area contributed by atoms with E-state index >= 15 is 0 Å². The quantitative estimate of drug-likeness (QED) is 0.640. The van der Waals surface area contributed by atoms with Crippen LogP contribution in [-0.2, 0) is 9.84 Å². The van der Waals surface area contributed by atoms with Gasteiger partial charge in [-0.2, -0.15) is 0 Å². The number of aliphatic hydroxyl groups is 1. The van der Waals surface area contributed by atoms with Crippen molar-refractivity contribution in [2.24, 2.45) is 5.92 Å². The Morgan fingerprint density at radius 2 is 1.92 bits per heavy atom. The van der Waals surface area contributed by atoms with Crippen molar-refractivity contribution in [3.05, 3.63) is 0 Å². The predicted molar refractivity (Wildman–Crippen MR) is 54.4 cm³/mol. The first-order valence-corrected chi connectivity index (χ1v) is 6.65. The maximum absolute atomic E-state index is 11.1. The van der Waals surface area contributed by atoms with E-state index < -0.39 is 9.84 Å². The average molecular weight is 208 g/mol. The van der Waals surface area contributed by atoms with Crippen LogP contribution in [-0.4, -0.2) is 31.6 Å². The van der Waals surface area contributed by atoms with E-state index in [4.69, 9.17) is 5.11 Å². The summed E-state index contributed by atoms with van der Waals surface area (Å²) in [5, 5.41) is 8.72. The van der Waals surface area contributed by atoms with E-state index in [9.17, 15) is 8.42 Å². The van der Waals surface area contributed by atoms with Gasteiger partial charge in [-0.3, -0.25) is 0 Å². The molecule has 0 rings (SSSR count). The molecule has 0 saturated carbocycles. The molecule has 1 N–H and O–H groups in total. The average Bonchev–Trinajstić information content (AvgIpc) is 2.12. The molecule has 0 spiro atoms. The third-order valence-electron chi connectivity index (χ3n) is 2.15. The summed E-state index contributed by atoms with van der Waals surface area (Å²) < 4.78 is 22.1. The Hall–Kier alpha value is -0.0900. The minimum atomic E-state index is -2.79. The Kier molecular flexibility index (Phi) is 6.33. The van der Waals surface area contributed by atoms with E-state index in [1.54, 1.807) is 6.92 Å². The molecule has 1 unspecified atom stereocenters. The van der Waals surface area contributed by atoms with Gasteiger partial charge in [-0.1, -0.05) is 20.3 Å². The molecular weight excluding hydrogens is 188 g/mol. The summed E-state index contributed by atoms with van der Waals surface area (Å²) >= 11 is 0. The van der Waals surface area contributed by atoms with Crippen LogP contribution in [0.4, 0.5) is 0 Å². The van der Waals surface area contributed by atoms with Crippen molar-refractivity contribution in [1.29, 1.82) is 0 Å². The van der Waals surface area contributed by atoms with Crippen molar-refractivity contribution in [3.8, 4) is 0 Å². The molecule has 0 amide bonds. The van der Waals surface area contributed by atoms with Crippen molar-refractivity contribution in [1.82, 2.24) is 0 Å². The molecule has 0 aliphatic rings. The van der Waals surface area contributed by atoms with Gasteiger partial charge < -0.3 is 5.11 Å². The molecule has 0 bridgehead atoms. The van der Waals surface area contributed by atoms with Crippen molar-refractivity contribution >= 4 is 9.84 Å². The molecule has 1 atom stereocenters. The molecule has 4 heteroatoms. The molecule has 0 radical (unpaired) electrons. The van der Waals surface area contributed by atoms with Crippen molar-refractivity contribution < 1.29 is 13.5 Å². The van der Waals surface area contributed by atoms with Crippen LogP contribution >= 0.6 is 0 Å². The second-order valence-corrected chi connectivity index (χ2v) is 5.99. The zero-order chi connectivity index (χ0) is 10.3. The molecule has 0 fully saturated rings. The lowest BCUT2D eigenvalue weighted by molar-refractivity contribution is 0.228. The van der Waals surface area contributed by atoms with Crippen LogP contribution < -0.4 is 0 Å². The number of hydrogen-bond acceptors (Lipinski definition) is 3. The first kappa shape index (κ1) is 12.9. The van der Waals surface area contributed by atoms with Crippen LogP contribution in [0.2, 0.25) is 0 Å². The minimum absolute atomic E-state index is 0.195. The first-order chi connectivity index (χ1) is 6.02. The molecule has 0 aromatic heterocycles. The van der Waals surface area contributed by atoms with Crippen LogP contribution in [0.15, 0.2) is 0 Å². The lowest BCUT2D eigenvalue weighted by atomic mass is 10.1. The number of sulfone groups is 1. The van der Waals surface area contributed by atoms with E-state index in [1.165, 1.54) is 0 Å². The molecule has 0 aliphatic carbocycles. The van der Waals surface area contributed by atoms with Crippen LogP contribution in [0.1, 0.15) is 33.1 Å². The Morgan fingerprint density at radius 1 is 1.31 bits per heavy atom. The van der Waals surface area contributed by atoms with Gasteiger partial charge in [0.15, 0.2) is 0 Å². The van der Waals surface area contributed by atoms with Crippen molar-refractivity contribution in [2.75, 3.05) is 18.1 Å². The van der Waals surface area contributed by atoms with Crippen LogP contribution in [0.5, 0.6) is 0 Å². The molecule has 0 heterocycles. The first-order valence-electron chi connectivity index (χ1n) is 4.83. The lowest BCUT2D eigenvalue weighted by Gasteiger charge is -2.06. The standard InChI is InChI=1S/C9H20O3S/c1-3-13(11,12)7-5-4-6-9(2)8-10/h9-10H,3-8H2,1-2H3. The maximum atomic E-state index is 11.1. The highest BCUT2D eigenvalue weighted by Gasteiger charge is 2.07. The third kappa shape index (κ3) is 7.02. The Morgan fingerprint density at radius 3 is 2.38 bits per heavy atom. The number of aliphatic hydroxyl groups excluding tert-OH is 1. The minimum Gasteiger partial charge on any atom is -0.396 e. The highest BCUT2D eigenvalue weighted by Crippen LogP contribution is 2.07. The zero-order valence-corrected chi connectivity index (χ0v) is 9.31. The second-order valence-electron chi connectivity index (χ2n) is 3.52. The predicted octanol–water partition coefficient (Wildman–Crippen LogP) is 1.22. The van der Waals surface area contributed by atoms with Gasteiger partial charge in [0.1, 0.15) is 9.84 Å². The Bertz CT molecular complexity index is 209. The van der Waals surface area contributed by atoms with Gasteiger partial charge in [0, 0.05) is 12.4 Å². The highest BCUT2D eigenvalue weighted by molar-refractivity contribution is 7.91. The van der Waals surface area contributed by atoms with E-state index in [1.807, 2.05) is 6.92 Å². The van der Waals surface area contributed by atoms with Gasteiger partial charge in [-0.15, -0.1) is 0 Å². The van der Waals surface area contributed by atoms with Crippen LogP contribution in [0.3, 0.4) is 0 Å². The molecular formula is C9H20O3S. The molecule has 13 heavy (non-hydrogen) atoms. The molecule has 0 aromatic rings. The summed E-state index contributed by atoms with van der Waals surface area (Å²) in [5.74, 6) is 0.828. The normalized spacial score (nSPS) is 14.4. The molecule has 3 nitrogen and oxygen atoms in total. The molecule has 0 aromatic carbocycles. The number of unbranched alkanes of at least 4 members (excludes halogenated alkanes) is 1. The fourth-order valence-electron chi connectivity index (χ4n) is 1.05. The fraction of sp³-hybridized carbons (Fsp3) is 1.00. The summed E-state index contributed by atoms with van der Waals surface area (Å²) in [4.78, 5) is 0. The summed E-state index contributed by atoms with van der Waals surface area (Å²) in [6.45, 7) is 3.83. The Labute approximate surface area is 81.1 Å². The molecule has 80 valence electrons. The van der Waals surface area contributed by atoms with Gasteiger partial charge in [0.2, 0.25) is 0 Å². The topological polar surface area (TPSA) is 54.4 Å². The van der Waals surface area contributed by atoms with Crippen molar-refractivity contribution in [2.45, 2.75) is 33.1 Å². The summed E-state index contributed by atoms with van der Waals surface area (Å²) in [7, 11) is -2.79. The van der Waals surface area contributed by atoms with E-state index in [2.05, 4.69) is 0 Å². The highest BCUT2D eigenvalue weighted by atomic mass is 32.2. The zero-order valence-electron chi connectivity index (χ0n) is 8.49. The summed E-state index contributed by atoms with van der Waals surface area (Å²) in [5.41, 5.74) is 0. The largest absolute Gasteiger partial charge is 0.396 e. The molecule has 0 aliphatic heterocycles. The van der Waals surface area contributed by atoms with E-state index in [0.717, 1.165) is 19.3 Å². The van der Waals surface area contributed by atoms with Crippen LogP contribution in [0.25, 0.3) is 0 Å². The van der Waals surface area contributed by atoms with Gasteiger partial charge in [-0.25, -0.2) is 8.42 Å². The van der Waals surface area contributed by atoms with E-state index in [0.29, 0.717) is 11.7 Å². The van der Waals surface area contributed by atoms with Gasteiger partial charge in [0.25, 0.3) is 0 Å². The third-order valence-corrected chi connectivity index (χ3v) is 3.94. The van der Waals surface area contributed by atoms with Gasteiger partial charge in [0.05, 0.1) is 5.75 Å². The van der Waals surface area contributed by atoms with E-state index in [-0.39, 0.29) is 12.4 Å². The summed E-state index contributed by atoms with van der Waals surface area (Å²) in [6.07, 6.45) is 2.53. The fourth-order valence-corrected chi connectivity index (χ4v) is 1.98. The molecule has 0 saturated heterocycles. The van der Waals surface area contributed by atoms with Gasteiger partial charge in [-0.05, 0) is 18.8 Å². The van der Waals surface area contributed by atoms with Crippen molar-refractivity contribution in [3.63, 3.8) is 0 Å². The monoisotopic (exact) mass is 208 g/mol.